The molecule has 0 radical (unpaired) electrons. The third-order valence-corrected chi connectivity index (χ3v) is 10.1. The highest BCUT2D eigenvalue weighted by molar-refractivity contribution is 6.01. The lowest BCUT2D eigenvalue weighted by atomic mass is 9.37. The average molecular weight is 489 g/mol. The fraction of sp³-hybridized carbons (Fsp3) is 0.680. The lowest BCUT2D eigenvalue weighted by Gasteiger charge is -2.72. The number of anilines is 1. The summed E-state index contributed by atoms with van der Waals surface area (Å²) in [7, 11) is 5.51. The van der Waals surface area contributed by atoms with E-state index in [2.05, 4.69) is 0 Å². The number of carbonyl (C=O) groups excluding carboxylic acids is 2. The predicted octanol–water partition coefficient (Wildman–Crippen LogP) is 2.24. The summed E-state index contributed by atoms with van der Waals surface area (Å²) in [5, 5.41) is 26.9. The molecule has 1 aromatic carbocycles. The fourth-order valence-electron chi connectivity index (χ4n) is 9.42. The van der Waals surface area contributed by atoms with Crippen molar-refractivity contribution in [3.63, 3.8) is 0 Å². The van der Waals surface area contributed by atoms with E-state index >= 15 is 0 Å². The number of aliphatic hydroxyl groups is 1. The van der Waals surface area contributed by atoms with E-state index in [0.717, 1.165) is 18.4 Å². The van der Waals surface area contributed by atoms with Crippen LogP contribution in [0.15, 0.2) is 12.1 Å². The Balaban J connectivity index is 1.78. The molecule has 190 valence electrons. The molecule has 2 saturated heterocycles. The van der Waals surface area contributed by atoms with Gasteiger partial charge in [-0.25, -0.2) is 9.59 Å². The molecule has 2 bridgehead atoms. The molecule has 35 heavy (non-hydrogen) atoms. The summed E-state index contributed by atoms with van der Waals surface area (Å²) in [4.78, 5) is 28.6. The number of methoxy groups -OCH3 is 4. The standard InChI is InChI=1S/C25H32N2O8/c1-32-16-7-6-15-17(18(16)33-2)26(21(29)35-4)25-10-9-22(14-24(25,30)20(28)34-3)8-5-12-27(31)13-11-23(15,25)19(22)27/h6-7,19,30H,5,8-14H2,1-4H3/t19-,22+,23+,24+,25+,27+/m0/s1. The summed E-state index contributed by atoms with van der Waals surface area (Å²) >= 11 is 0. The average Bonchev–Trinajstić information content (AvgIpc) is 3.33. The van der Waals surface area contributed by atoms with Crippen molar-refractivity contribution in [1.82, 2.24) is 0 Å². The quantitative estimate of drug-likeness (QED) is 0.391. The van der Waals surface area contributed by atoms with Crippen LogP contribution in [0.25, 0.3) is 0 Å². The van der Waals surface area contributed by atoms with Crippen molar-refractivity contribution < 1.29 is 38.3 Å². The van der Waals surface area contributed by atoms with Crippen LogP contribution in [0.1, 0.15) is 44.1 Å². The van der Waals surface area contributed by atoms with Crippen molar-refractivity contribution in [2.45, 2.75) is 61.1 Å². The Morgan fingerprint density at radius 2 is 1.83 bits per heavy atom. The zero-order chi connectivity index (χ0) is 25.0. The second-order valence-electron chi connectivity index (χ2n) is 10.9. The monoisotopic (exact) mass is 488 g/mol. The van der Waals surface area contributed by atoms with Crippen LogP contribution in [0.2, 0.25) is 0 Å². The van der Waals surface area contributed by atoms with Crippen LogP contribution in [0.3, 0.4) is 0 Å². The lowest BCUT2D eigenvalue weighted by molar-refractivity contribution is -0.912. The number of rotatable bonds is 3. The number of ether oxygens (including phenoxy) is 4. The highest BCUT2D eigenvalue weighted by atomic mass is 16.6. The molecule has 1 aromatic rings. The topological polar surface area (TPSA) is 118 Å². The number of fused-ring (bicyclic) bond motifs is 3. The van der Waals surface area contributed by atoms with Crippen LogP contribution < -0.4 is 14.4 Å². The first-order valence-corrected chi connectivity index (χ1v) is 12.2. The molecule has 7 rings (SSSR count). The molecule has 3 heterocycles. The van der Waals surface area contributed by atoms with E-state index in [1.807, 2.05) is 6.07 Å². The van der Waals surface area contributed by atoms with E-state index in [1.54, 1.807) is 6.07 Å². The van der Waals surface area contributed by atoms with Gasteiger partial charge >= 0.3 is 12.1 Å². The largest absolute Gasteiger partial charge is 0.633 e. The van der Waals surface area contributed by atoms with E-state index in [-0.39, 0.29) is 11.1 Å². The van der Waals surface area contributed by atoms with E-state index < -0.39 is 40.1 Å². The van der Waals surface area contributed by atoms with Crippen LogP contribution in [0.4, 0.5) is 10.5 Å². The molecule has 10 nitrogen and oxygen atoms in total. The van der Waals surface area contributed by atoms with Gasteiger partial charge in [-0.05, 0) is 37.3 Å². The molecule has 1 amide bonds. The Morgan fingerprint density at radius 3 is 2.49 bits per heavy atom. The number of hydrogen-bond acceptors (Lipinski definition) is 8. The van der Waals surface area contributed by atoms with Gasteiger partial charge < -0.3 is 33.9 Å². The maximum Gasteiger partial charge on any atom is 0.414 e. The Bertz CT molecular complexity index is 1140. The van der Waals surface area contributed by atoms with Crippen LogP contribution >= 0.6 is 0 Å². The normalized spacial score (nSPS) is 42.1. The van der Waals surface area contributed by atoms with Crippen molar-refractivity contribution in [3.05, 3.63) is 22.9 Å². The molecule has 0 aromatic heterocycles. The molecule has 3 aliphatic carbocycles. The minimum atomic E-state index is -2.03. The molecular formula is C25H32N2O8. The third-order valence-electron chi connectivity index (χ3n) is 10.1. The van der Waals surface area contributed by atoms with Gasteiger partial charge in [0.25, 0.3) is 0 Å². The Hall–Kier alpha value is -2.56. The highest BCUT2D eigenvalue weighted by Crippen LogP contribution is 2.79. The van der Waals surface area contributed by atoms with Crippen molar-refractivity contribution in [2.75, 3.05) is 46.4 Å². The minimum absolute atomic E-state index is 0.0717. The number of nitrogens with zero attached hydrogens (tertiary/aromatic N) is 2. The molecule has 3 spiro atoms. The maximum absolute atomic E-state index is 14.4. The molecule has 1 N–H and O–H groups in total. The van der Waals surface area contributed by atoms with Gasteiger partial charge in [0.1, 0.15) is 11.6 Å². The second-order valence-corrected chi connectivity index (χ2v) is 10.9. The number of amides is 1. The van der Waals surface area contributed by atoms with Crippen molar-refractivity contribution in [1.29, 1.82) is 0 Å². The molecule has 5 fully saturated rings. The van der Waals surface area contributed by atoms with Gasteiger partial charge in [-0.2, -0.15) is 0 Å². The number of benzene rings is 1. The first kappa shape index (κ1) is 22.9. The van der Waals surface area contributed by atoms with Gasteiger partial charge in [-0.3, -0.25) is 4.90 Å². The lowest BCUT2D eigenvalue weighted by Crippen LogP contribution is -2.87. The van der Waals surface area contributed by atoms with Gasteiger partial charge in [-0.15, -0.1) is 0 Å². The Labute approximate surface area is 203 Å². The van der Waals surface area contributed by atoms with Crippen LogP contribution in [0.5, 0.6) is 11.5 Å². The SMILES string of the molecule is COC(=O)N1c2c(ccc(OC)c2OC)[C@@]23CC[N@+]4([O-])CCC[C@]5(CC[C@@]12[C@](O)(C(=O)OC)C5)[C@@H]34. The first-order chi connectivity index (χ1) is 16.7. The number of esters is 1. The number of piperidine rings is 1. The van der Waals surface area contributed by atoms with E-state index in [4.69, 9.17) is 18.9 Å². The molecule has 0 unspecified atom stereocenters. The van der Waals surface area contributed by atoms with E-state index in [0.29, 0.717) is 49.5 Å². The molecule has 6 aliphatic rings. The molecule has 6 atom stereocenters. The predicted molar refractivity (Wildman–Crippen MR) is 123 cm³/mol. The highest BCUT2D eigenvalue weighted by Gasteiger charge is 2.89. The van der Waals surface area contributed by atoms with E-state index in [1.165, 1.54) is 33.3 Å². The maximum atomic E-state index is 14.4. The number of carbonyl (C=O) groups is 2. The Morgan fingerprint density at radius 1 is 1.06 bits per heavy atom. The summed E-state index contributed by atoms with van der Waals surface area (Å²) in [5.41, 5.74) is -3.88. The molecule has 10 heteroatoms. The van der Waals surface area contributed by atoms with Gasteiger partial charge in [-0.1, -0.05) is 6.07 Å². The summed E-state index contributed by atoms with van der Waals surface area (Å²) < 4.78 is 21.4. The minimum Gasteiger partial charge on any atom is -0.633 e. The van der Waals surface area contributed by atoms with Crippen molar-refractivity contribution in [3.8, 4) is 11.5 Å². The van der Waals surface area contributed by atoms with Crippen molar-refractivity contribution in [2.24, 2.45) is 5.41 Å². The van der Waals surface area contributed by atoms with Gasteiger partial charge in [0.2, 0.25) is 0 Å². The zero-order valence-corrected chi connectivity index (χ0v) is 20.6. The van der Waals surface area contributed by atoms with Gasteiger partial charge in [0, 0.05) is 18.3 Å². The zero-order valence-electron chi connectivity index (χ0n) is 20.6. The molecule has 3 saturated carbocycles. The molecule has 3 aliphatic heterocycles. The smallest absolute Gasteiger partial charge is 0.414 e. The third kappa shape index (κ3) is 2.16. The van der Waals surface area contributed by atoms with E-state index in [9.17, 15) is 19.9 Å². The summed E-state index contributed by atoms with van der Waals surface area (Å²) in [6.07, 6.45) is 2.22. The summed E-state index contributed by atoms with van der Waals surface area (Å²) in [6, 6.07) is 3.24. The number of hydrogen-bond donors (Lipinski definition) is 1. The summed E-state index contributed by atoms with van der Waals surface area (Å²) in [5.74, 6) is -0.0736. The van der Waals surface area contributed by atoms with Crippen LogP contribution in [-0.4, -0.2) is 80.5 Å². The molecular weight excluding hydrogens is 456 g/mol. The number of hydroxylamine groups is 3. The van der Waals surface area contributed by atoms with Crippen LogP contribution in [-0.2, 0) is 19.7 Å². The first-order valence-electron chi connectivity index (χ1n) is 12.2. The second kappa shape index (κ2) is 6.80. The summed E-state index contributed by atoms with van der Waals surface area (Å²) in [6.45, 7) is 0.843. The van der Waals surface area contributed by atoms with Crippen LogP contribution in [0, 0.1) is 10.6 Å². The van der Waals surface area contributed by atoms with Gasteiger partial charge in [0.05, 0.1) is 52.6 Å². The van der Waals surface area contributed by atoms with Gasteiger partial charge in [0.15, 0.2) is 17.1 Å². The fourth-order valence-corrected chi connectivity index (χ4v) is 9.42. The number of quaternary nitrogens is 1. The Kier molecular flexibility index (Phi) is 4.45. The van der Waals surface area contributed by atoms with Crippen molar-refractivity contribution >= 4 is 17.7 Å².